The number of carbonyl (C=O) groups is 1. The van der Waals surface area contributed by atoms with Crippen molar-refractivity contribution in [2.75, 3.05) is 0 Å². The quantitative estimate of drug-likeness (QED) is 0.577. The number of carbonyl (C=O) groups excluding carboxylic acids is 1. The molecule has 0 aromatic heterocycles. The van der Waals surface area contributed by atoms with Gasteiger partial charge in [0.15, 0.2) is 0 Å². The number of esters is 1. The lowest BCUT2D eigenvalue weighted by atomic mass is 9.48. The topological polar surface area (TPSA) is 46.5 Å². The zero-order chi connectivity index (χ0) is 17.1. The molecule has 0 aromatic rings. The van der Waals surface area contributed by atoms with E-state index in [1.54, 1.807) is 5.57 Å². The largest absolute Gasteiger partial charge is 0.462 e. The third-order valence-corrected chi connectivity index (χ3v) is 8.34. The maximum Gasteiger partial charge on any atom is 0.302 e. The van der Waals surface area contributed by atoms with Gasteiger partial charge in [0.25, 0.3) is 0 Å². The molecule has 3 heteroatoms. The summed E-state index contributed by atoms with van der Waals surface area (Å²) in [6.07, 6.45) is 11.3. The number of hydrogen-bond donors (Lipinski definition) is 1. The van der Waals surface area contributed by atoms with Crippen molar-refractivity contribution in [2.24, 2.45) is 28.6 Å². The molecule has 1 N–H and O–H groups in total. The Labute approximate surface area is 145 Å². The molecule has 4 rings (SSSR count). The summed E-state index contributed by atoms with van der Waals surface area (Å²) in [5, 5.41) is 10.5. The molecule has 0 spiro atoms. The number of rotatable bonds is 1. The minimum absolute atomic E-state index is 0.0838. The van der Waals surface area contributed by atoms with Crippen molar-refractivity contribution in [3.63, 3.8) is 0 Å². The highest BCUT2D eigenvalue weighted by molar-refractivity contribution is 5.66. The Balaban J connectivity index is 1.59. The minimum Gasteiger partial charge on any atom is -0.462 e. The molecule has 0 aliphatic heterocycles. The van der Waals surface area contributed by atoms with Crippen LogP contribution in [0.25, 0.3) is 0 Å². The van der Waals surface area contributed by atoms with E-state index in [1.807, 2.05) is 0 Å². The van der Waals surface area contributed by atoms with E-state index in [0.29, 0.717) is 5.92 Å². The molecule has 3 nitrogen and oxygen atoms in total. The Kier molecular flexibility index (Phi) is 3.87. The lowest BCUT2D eigenvalue weighted by molar-refractivity contribution is -0.148. The molecule has 0 heterocycles. The first-order chi connectivity index (χ1) is 11.3. The zero-order valence-electron chi connectivity index (χ0n) is 15.4. The molecular weight excluding hydrogens is 300 g/mol. The normalized spacial score (nSPS) is 50.3. The van der Waals surface area contributed by atoms with Crippen LogP contribution in [0.2, 0.25) is 0 Å². The molecule has 0 aromatic carbocycles. The van der Waals surface area contributed by atoms with Gasteiger partial charge in [0.05, 0.1) is 6.10 Å². The number of allylic oxidation sites excluding steroid dienone is 1. The highest BCUT2D eigenvalue weighted by Gasteiger charge is 2.58. The smallest absolute Gasteiger partial charge is 0.302 e. The van der Waals surface area contributed by atoms with Gasteiger partial charge >= 0.3 is 5.97 Å². The zero-order valence-corrected chi connectivity index (χ0v) is 15.4. The highest BCUT2D eigenvalue weighted by atomic mass is 16.5. The standard InChI is InChI=1S/C21H32O3/c1-13(22)24-15-8-10-20(2)14(12-15)4-5-16-17-6-7-19(23)21(17,3)11-9-18(16)20/h4,15-19,23H,5-12H2,1-3H3/t15-,16?,17?,18?,19-,20-,21?/m0/s1. The van der Waals surface area contributed by atoms with Crippen LogP contribution >= 0.6 is 0 Å². The van der Waals surface area contributed by atoms with Crippen molar-refractivity contribution in [1.82, 2.24) is 0 Å². The number of hydrogen-bond acceptors (Lipinski definition) is 3. The molecule has 4 aliphatic rings. The average Bonchev–Trinajstić information content (AvgIpc) is 2.83. The molecule has 4 aliphatic carbocycles. The maximum absolute atomic E-state index is 11.3. The van der Waals surface area contributed by atoms with Crippen LogP contribution < -0.4 is 0 Å². The molecule has 0 amide bonds. The summed E-state index contributed by atoms with van der Waals surface area (Å²) in [5.74, 6) is 2.03. The highest BCUT2D eigenvalue weighted by Crippen LogP contribution is 2.64. The van der Waals surface area contributed by atoms with Gasteiger partial charge in [-0.25, -0.2) is 0 Å². The Morgan fingerprint density at radius 3 is 2.71 bits per heavy atom. The minimum atomic E-state index is -0.147. The lowest BCUT2D eigenvalue weighted by Gasteiger charge is -2.57. The molecule has 134 valence electrons. The maximum atomic E-state index is 11.3. The van der Waals surface area contributed by atoms with E-state index >= 15 is 0 Å². The van der Waals surface area contributed by atoms with E-state index in [-0.39, 0.29) is 29.0 Å². The summed E-state index contributed by atoms with van der Waals surface area (Å²) >= 11 is 0. The molecule has 7 atom stereocenters. The second-order valence-electron chi connectivity index (χ2n) is 9.37. The monoisotopic (exact) mass is 332 g/mol. The summed E-state index contributed by atoms with van der Waals surface area (Å²) in [5.41, 5.74) is 1.98. The van der Waals surface area contributed by atoms with E-state index in [9.17, 15) is 9.90 Å². The van der Waals surface area contributed by atoms with Crippen LogP contribution in [0.3, 0.4) is 0 Å². The van der Waals surface area contributed by atoms with Crippen LogP contribution in [0.4, 0.5) is 0 Å². The fourth-order valence-electron chi connectivity index (χ4n) is 6.94. The first-order valence-corrected chi connectivity index (χ1v) is 9.89. The van der Waals surface area contributed by atoms with Gasteiger partial charge in [-0.1, -0.05) is 25.5 Å². The van der Waals surface area contributed by atoms with Crippen molar-refractivity contribution >= 4 is 5.97 Å². The Hall–Kier alpha value is -0.830. The molecule has 24 heavy (non-hydrogen) atoms. The van der Waals surface area contributed by atoms with Gasteiger partial charge in [0.2, 0.25) is 0 Å². The van der Waals surface area contributed by atoms with Gasteiger partial charge in [-0.3, -0.25) is 4.79 Å². The van der Waals surface area contributed by atoms with Crippen molar-refractivity contribution in [1.29, 1.82) is 0 Å². The van der Waals surface area contributed by atoms with Crippen molar-refractivity contribution < 1.29 is 14.6 Å². The van der Waals surface area contributed by atoms with Gasteiger partial charge in [-0.15, -0.1) is 0 Å². The van der Waals surface area contributed by atoms with E-state index in [4.69, 9.17) is 4.74 Å². The first-order valence-electron chi connectivity index (χ1n) is 9.89. The van der Waals surface area contributed by atoms with Crippen LogP contribution in [-0.4, -0.2) is 23.3 Å². The third-order valence-electron chi connectivity index (χ3n) is 8.34. The van der Waals surface area contributed by atoms with E-state index in [1.165, 1.54) is 26.2 Å². The van der Waals surface area contributed by atoms with Crippen molar-refractivity contribution in [2.45, 2.75) is 84.3 Å². The Morgan fingerprint density at radius 1 is 1.17 bits per heavy atom. The fourth-order valence-corrected chi connectivity index (χ4v) is 6.94. The van der Waals surface area contributed by atoms with Crippen LogP contribution in [0.5, 0.6) is 0 Å². The van der Waals surface area contributed by atoms with Gasteiger partial charge in [-0.2, -0.15) is 0 Å². The fraction of sp³-hybridized carbons (Fsp3) is 0.857. The van der Waals surface area contributed by atoms with Crippen molar-refractivity contribution in [3.05, 3.63) is 11.6 Å². The van der Waals surface area contributed by atoms with Crippen molar-refractivity contribution in [3.8, 4) is 0 Å². The average molecular weight is 332 g/mol. The predicted molar refractivity (Wildman–Crippen MR) is 93.3 cm³/mol. The number of aliphatic hydroxyl groups is 1. The van der Waals surface area contributed by atoms with Crippen LogP contribution in [0.15, 0.2) is 11.6 Å². The van der Waals surface area contributed by atoms with Gasteiger partial charge in [-0.05, 0) is 73.5 Å². The molecule has 3 saturated carbocycles. The summed E-state index contributed by atoms with van der Waals surface area (Å²) in [4.78, 5) is 11.3. The number of ether oxygens (including phenoxy) is 1. The SMILES string of the molecule is CC(=O)O[C@H]1CC[C@@]2(C)C(=CCC3C4CC[C@H](O)C4(C)CCC32)C1. The van der Waals surface area contributed by atoms with Gasteiger partial charge in [0.1, 0.15) is 6.10 Å². The summed E-state index contributed by atoms with van der Waals surface area (Å²) < 4.78 is 5.51. The summed E-state index contributed by atoms with van der Waals surface area (Å²) in [6, 6.07) is 0. The molecule has 0 bridgehead atoms. The van der Waals surface area contributed by atoms with Crippen LogP contribution in [-0.2, 0) is 9.53 Å². The summed E-state index contributed by atoms with van der Waals surface area (Å²) in [7, 11) is 0. The lowest BCUT2D eigenvalue weighted by Crippen LogP contribution is -2.51. The molecule has 4 unspecified atom stereocenters. The van der Waals surface area contributed by atoms with E-state index < -0.39 is 0 Å². The second kappa shape index (κ2) is 5.59. The second-order valence-corrected chi connectivity index (χ2v) is 9.37. The Bertz CT molecular complexity index is 567. The molecule has 0 radical (unpaired) electrons. The summed E-state index contributed by atoms with van der Waals surface area (Å²) in [6.45, 7) is 6.32. The Morgan fingerprint density at radius 2 is 1.96 bits per heavy atom. The molecule has 0 saturated heterocycles. The van der Waals surface area contributed by atoms with E-state index in [0.717, 1.165) is 43.9 Å². The van der Waals surface area contributed by atoms with Gasteiger partial charge in [0, 0.05) is 13.3 Å². The van der Waals surface area contributed by atoms with Gasteiger partial charge < -0.3 is 9.84 Å². The predicted octanol–water partition coefficient (Wildman–Crippen LogP) is 4.24. The van der Waals surface area contributed by atoms with Crippen LogP contribution in [0.1, 0.15) is 72.1 Å². The number of fused-ring (bicyclic) bond motifs is 5. The third kappa shape index (κ3) is 2.30. The molecule has 3 fully saturated rings. The molecular formula is C21H32O3. The number of aliphatic hydroxyl groups excluding tert-OH is 1. The first kappa shape index (κ1) is 16.6. The van der Waals surface area contributed by atoms with Crippen LogP contribution in [0, 0.1) is 28.6 Å². The van der Waals surface area contributed by atoms with E-state index in [2.05, 4.69) is 19.9 Å².